The van der Waals surface area contributed by atoms with Gasteiger partial charge in [0.05, 0.1) is 0 Å². The van der Waals surface area contributed by atoms with Gasteiger partial charge < -0.3 is 19.2 Å². The molecule has 0 aromatic heterocycles. The third kappa shape index (κ3) is 59.2. The minimum absolute atomic E-state index is 0. The Balaban J connectivity index is -0.0000000800. The monoisotopic (exact) mass is 227 g/mol. The Morgan fingerprint density at radius 3 is 0.857 bits per heavy atom. The zero-order valence-corrected chi connectivity index (χ0v) is 6.70. The van der Waals surface area contributed by atoms with Crippen LogP contribution in [-0.4, -0.2) is 66.0 Å². The molecular weight excluding hydrogens is 221 g/mol. The summed E-state index contributed by atoms with van der Waals surface area (Å²) in [6.45, 7) is 0. The largest absolute Gasteiger partial charge is 0 e. The van der Waals surface area contributed by atoms with Crippen LogP contribution >= 0.6 is 0 Å². The number of rotatable bonds is 0. The van der Waals surface area contributed by atoms with Crippen molar-refractivity contribution in [2.45, 2.75) is 0 Å². The summed E-state index contributed by atoms with van der Waals surface area (Å²) in [4.78, 5) is 29.3. The molecule has 1 radical (unpaired) electrons. The molecule has 0 unspecified atom stereocenters. The molecule has 39 valence electrons. The van der Waals surface area contributed by atoms with Gasteiger partial charge in [-0.1, -0.05) is 0 Å². The first kappa shape index (κ1) is 16.2. The van der Waals surface area contributed by atoms with Crippen LogP contribution in [0.1, 0.15) is 0 Å². The van der Waals surface area contributed by atoms with Crippen molar-refractivity contribution >= 4 is 46.8 Å². The maximum Gasteiger partial charge on any atom is 0 e. The molecule has 0 aliphatic heterocycles. The standard InChI is InChI=1S/Ca.H4O4Si.Y.2H/c;1-5(2,3)4;;;/h;1-4H;;;. The van der Waals surface area contributed by atoms with E-state index in [-0.39, 0.29) is 70.4 Å². The van der Waals surface area contributed by atoms with Gasteiger partial charge in [-0.2, -0.15) is 0 Å². The summed E-state index contributed by atoms with van der Waals surface area (Å²) in [5.41, 5.74) is 0. The molecule has 0 saturated carbocycles. The van der Waals surface area contributed by atoms with Gasteiger partial charge in [0.15, 0.2) is 0 Å². The van der Waals surface area contributed by atoms with Crippen LogP contribution in [0.15, 0.2) is 0 Å². The first-order chi connectivity index (χ1) is 2.00. The zero-order chi connectivity index (χ0) is 4.50. The van der Waals surface area contributed by atoms with Crippen LogP contribution in [0.3, 0.4) is 0 Å². The Bertz CT molecular complexity index is 27.2. The first-order valence-corrected chi connectivity index (χ1v) is 2.68. The van der Waals surface area contributed by atoms with Crippen molar-refractivity contribution in [1.29, 1.82) is 0 Å². The second kappa shape index (κ2) is 6.54. The van der Waals surface area contributed by atoms with Gasteiger partial charge in [-0.3, -0.25) is 0 Å². The average Bonchev–Trinajstić information content (AvgIpc) is 0.722. The summed E-state index contributed by atoms with van der Waals surface area (Å²) < 4.78 is 0. The van der Waals surface area contributed by atoms with Crippen molar-refractivity contribution in [2.75, 3.05) is 0 Å². The summed E-state index contributed by atoms with van der Waals surface area (Å²) in [5.74, 6) is 0. The van der Waals surface area contributed by atoms with Gasteiger partial charge in [0, 0.05) is 32.7 Å². The van der Waals surface area contributed by atoms with Crippen molar-refractivity contribution in [1.82, 2.24) is 0 Å². The van der Waals surface area contributed by atoms with Crippen LogP contribution in [0.4, 0.5) is 0 Å². The van der Waals surface area contributed by atoms with E-state index in [4.69, 9.17) is 19.2 Å². The molecule has 4 N–H and O–H groups in total. The van der Waals surface area contributed by atoms with Crippen molar-refractivity contribution in [3.63, 3.8) is 0 Å². The van der Waals surface area contributed by atoms with E-state index < -0.39 is 9.05 Å². The van der Waals surface area contributed by atoms with Crippen LogP contribution in [0.2, 0.25) is 0 Å². The van der Waals surface area contributed by atoms with Crippen LogP contribution in [0.25, 0.3) is 0 Å². The summed E-state index contributed by atoms with van der Waals surface area (Å²) in [6, 6.07) is 0. The van der Waals surface area contributed by atoms with Crippen molar-refractivity contribution < 1.29 is 51.9 Å². The predicted octanol–water partition coefficient (Wildman–Crippen LogP) is -3.53. The molecule has 0 amide bonds. The van der Waals surface area contributed by atoms with Gasteiger partial charge in [-0.15, -0.1) is 0 Å². The van der Waals surface area contributed by atoms with Crippen LogP contribution in [0.5, 0.6) is 0 Å². The fourth-order valence-electron chi connectivity index (χ4n) is 0. The van der Waals surface area contributed by atoms with Gasteiger partial charge in [-0.25, -0.2) is 0 Å². The topological polar surface area (TPSA) is 80.9 Å². The quantitative estimate of drug-likeness (QED) is 0.323. The van der Waals surface area contributed by atoms with E-state index in [1.165, 1.54) is 0 Å². The van der Waals surface area contributed by atoms with Gasteiger partial charge in [0.25, 0.3) is 0 Å². The number of hydrogen-bond acceptors (Lipinski definition) is 4. The minimum Gasteiger partial charge on any atom is 0 e. The second-order valence-corrected chi connectivity index (χ2v) is 1.80. The SMILES string of the molecule is O[Si](O)(O)O.[CaH2].[Y]. The zero-order valence-electron chi connectivity index (χ0n) is 2.87. The van der Waals surface area contributed by atoms with Crippen LogP contribution in [-0.2, 0) is 32.7 Å². The average molecular weight is 227 g/mol. The molecule has 0 aromatic rings. The maximum atomic E-state index is 7.33. The number of hydrogen-bond donors (Lipinski definition) is 4. The summed E-state index contributed by atoms with van der Waals surface area (Å²) >= 11 is 0. The molecule has 0 atom stereocenters. The van der Waals surface area contributed by atoms with Gasteiger partial charge >= 0.3 is 46.8 Å². The molecule has 0 rings (SSSR count). The van der Waals surface area contributed by atoms with E-state index in [0.29, 0.717) is 0 Å². The van der Waals surface area contributed by atoms with Crippen LogP contribution in [0, 0.1) is 0 Å². The van der Waals surface area contributed by atoms with Gasteiger partial charge in [0.1, 0.15) is 0 Å². The first-order valence-electron chi connectivity index (χ1n) is 0.894. The molecule has 4 nitrogen and oxygen atoms in total. The molecule has 0 saturated heterocycles. The second-order valence-electron chi connectivity index (χ2n) is 0.600. The van der Waals surface area contributed by atoms with E-state index in [2.05, 4.69) is 0 Å². The van der Waals surface area contributed by atoms with E-state index in [1.807, 2.05) is 0 Å². The smallest absolute Gasteiger partial charge is 0 e. The fraction of sp³-hybridized carbons (Fsp3) is 0. The molecule has 7 heteroatoms. The molecule has 0 bridgehead atoms. The Morgan fingerprint density at radius 2 is 0.857 bits per heavy atom. The Kier molecular flexibility index (Phi) is 15.1. The third-order valence-electron chi connectivity index (χ3n) is 0. The van der Waals surface area contributed by atoms with Crippen molar-refractivity contribution in [3.8, 4) is 0 Å². The summed E-state index contributed by atoms with van der Waals surface area (Å²) in [5, 5.41) is 0. The van der Waals surface area contributed by atoms with Crippen LogP contribution < -0.4 is 0 Å². The van der Waals surface area contributed by atoms with E-state index in [1.54, 1.807) is 0 Å². The van der Waals surface area contributed by atoms with Crippen molar-refractivity contribution in [2.24, 2.45) is 0 Å². The maximum absolute atomic E-state index is 7.33. The molecular formula is H6CaO4SiY. The van der Waals surface area contributed by atoms with Gasteiger partial charge in [-0.05, 0) is 0 Å². The van der Waals surface area contributed by atoms with Crippen molar-refractivity contribution in [3.05, 3.63) is 0 Å². The minimum atomic E-state index is -4.61. The Morgan fingerprint density at radius 1 is 0.857 bits per heavy atom. The molecule has 0 aromatic carbocycles. The normalized spacial score (nSPS) is 8.57. The molecule has 7 heavy (non-hydrogen) atoms. The van der Waals surface area contributed by atoms with E-state index in [9.17, 15) is 0 Å². The molecule has 0 aliphatic rings. The molecule has 0 aliphatic carbocycles. The third-order valence-corrected chi connectivity index (χ3v) is 0. The van der Waals surface area contributed by atoms with Gasteiger partial charge in [0.2, 0.25) is 0 Å². The Hall–Kier alpha value is 2.42. The Labute approximate surface area is 96.9 Å². The summed E-state index contributed by atoms with van der Waals surface area (Å²) in [6.07, 6.45) is 0. The fourth-order valence-corrected chi connectivity index (χ4v) is 0. The van der Waals surface area contributed by atoms with E-state index >= 15 is 0 Å². The molecule has 0 heterocycles. The van der Waals surface area contributed by atoms with E-state index in [0.717, 1.165) is 0 Å². The predicted molar refractivity (Wildman–Crippen MR) is 23.2 cm³/mol. The molecule has 0 spiro atoms. The molecule has 0 fully saturated rings. The summed E-state index contributed by atoms with van der Waals surface area (Å²) in [7, 11) is -4.61.